The molecule has 8 nitrogen and oxygen atoms in total. The number of H-pyrrole nitrogens is 1. The molecule has 0 saturated heterocycles. The summed E-state index contributed by atoms with van der Waals surface area (Å²) in [6.07, 6.45) is 1.80. The molecule has 34 heavy (non-hydrogen) atoms. The third-order valence-corrected chi connectivity index (χ3v) is 5.51. The van der Waals surface area contributed by atoms with Crippen LogP contribution in [0.25, 0.3) is 22.3 Å². The Balaban J connectivity index is 1.53. The number of aromatic nitrogens is 4. The normalized spacial score (nSPS) is 15.6. The quantitative estimate of drug-likeness (QED) is 0.368. The summed E-state index contributed by atoms with van der Waals surface area (Å²) >= 11 is 4.76. The first-order chi connectivity index (χ1) is 16.2. The van der Waals surface area contributed by atoms with E-state index in [1.54, 1.807) is 6.07 Å². The van der Waals surface area contributed by atoms with E-state index in [0.717, 1.165) is 12.6 Å². The van der Waals surface area contributed by atoms with E-state index in [2.05, 4.69) is 25.2 Å². The van der Waals surface area contributed by atoms with Crippen LogP contribution in [0.5, 0.6) is 11.8 Å². The predicted octanol–water partition coefficient (Wildman–Crippen LogP) is 5.33. The van der Waals surface area contributed by atoms with E-state index in [1.165, 1.54) is 30.3 Å². The summed E-state index contributed by atoms with van der Waals surface area (Å²) in [7, 11) is 0. The van der Waals surface area contributed by atoms with Crippen molar-refractivity contribution in [1.82, 2.24) is 19.7 Å². The van der Waals surface area contributed by atoms with Gasteiger partial charge in [-0.1, -0.05) is 0 Å². The second-order valence-corrected chi connectivity index (χ2v) is 8.20. The number of carbonyl (C=O) groups excluding carboxylic acids is 1. The number of halogens is 4. The Morgan fingerprint density at radius 2 is 2.09 bits per heavy atom. The molecule has 1 amide bonds. The maximum Gasteiger partial charge on any atom is 0.487 e. The smallest absolute Gasteiger partial charge is 0.465 e. The highest BCUT2D eigenvalue weighted by Gasteiger charge is 2.28. The zero-order chi connectivity index (χ0) is 24.0. The Hall–Kier alpha value is -3.73. The van der Waals surface area contributed by atoms with Gasteiger partial charge in [0.05, 0.1) is 23.8 Å². The molecule has 0 aliphatic carbocycles. The molecule has 1 aliphatic rings. The largest absolute Gasteiger partial charge is 0.487 e. The Morgan fingerprint density at radius 3 is 2.76 bits per heavy atom. The van der Waals surface area contributed by atoms with E-state index < -0.39 is 17.3 Å². The molecular weight excluding hydrogens is 475 g/mol. The second kappa shape index (κ2) is 8.24. The van der Waals surface area contributed by atoms with Crippen molar-refractivity contribution in [2.45, 2.75) is 25.0 Å². The molecule has 5 rings (SSSR count). The van der Waals surface area contributed by atoms with E-state index in [-0.39, 0.29) is 23.0 Å². The number of hydrogen-bond donors (Lipinski definition) is 2. The predicted molar refractivity (Wildman–Crippen MR) is 118 cm³/mol. The monoisotopic (exact) mass is 491 g/mol. The van der Waals surface area contributed by atoms with Gasteiger partial charge in [-0.2, -0.15) is 10.1 Å². The molecule has 176 valence electrons. The van der Waals surface area contributed by atoms with E-state index in [1.807, 2.05) is 11.5 Å². The molecule has 12 heteroatoms. The highest BCUT2D eigenvalue weighted by molar-refractivity contribution is 6.20. The minimum Gasteiger partial charge on any atom is -0.465 e. The summed E-state index contributed by atoms with van der Waals surface area (Å²) in [5, 5.41) is 9.07. The fraction of sp³-hybridized carbons (Fsp3) is 0.227. The van der Waals surface area contributed by atoms with Gasteiger partial charge in [0.25, 0.3) is 11.9 Å². The van der Waals surface area contributed by atoms with Crippen LogP contribution in [0.4, 0.5) is 18.9 Å². The number of ether oxygens (including phenoxy) is 2. The Bertz CT molecular complexity index is 1380. The summed E-state index contributed by atoms with van der Waals surface area (Å²) in [5.41, 5.74) is -1.73. The Labute approximate surface area is 195 Å². The van der Waals surface area contributed by atoms with Crippen molar-refractivity contribution in [2.75, 3.05) is 11.9 Å². The molecule has 2 aromatic carbocycles. The first-order valence-electron chi connectivity index (χ1n) is 10.2. The molecule has 2 aromatic heterocycles. The molecule has 1 atom stereocenters. The van der Waals surface area contributed by atoms with Crippen LogP contribution in [0.3, 0.4) is 0 Å². The molecule has 2 N–H and O–H groups in total. The van der Waals surface area contributed by atoms with Crippen molar-refractivity contribution in [3.63, 3.8) is 0 Å². The number of fused-ring (bicyclic) bond motifs is 3. The Morgan fingerprint density at radius 1 is 1.32 bits per heavy atom. The lowest BCUT2D eigenvalue weighted by atomic mass is 10.0. The lowest BCUT2D eigenvalue weighted by molar-refractivity contribution is -0.0964. The van der Waals surface area contributed by atoms with Crippen molar-refractivity contribution in [2.24, 2.45) is 0 Å². The number of nitrogens with one attached hydrogen (secondary N) is 2. The summed E-state index contributed by atoms with van der Waals surface area (Å²) in [4.78, 5) is 17.5. The average molecular weight is 492 g/mol. The van der Waals surface area contributed by atoms with E-state index >= 15 is 0 Å². The van der Waals surface area contributed by atoms with Gasteiger partial charge in [0.2, 0.25) is 0 Å². The van der Waals surface area contributed by atoms with Crippen LogP contribution in [0, 0.1) is 5.82 Å². The molecule has 3 heterocycles. The van der Waals surface area contributed by atoms with Crippen molar-refractivity contribution in [3.8, 4) is 23.0 Å². The fourth-order valence-corrected chi connectivity index (χ4v) is 3.99. The zero-order valence-electron chi connectivity index (χ0n) is 17.6. The van der Waals surface area contributed by atoms with Gasteiger partial charge in [0.15, 0.2) is 5.82 Å². The SMILES string of the molecule is C[C@@H]1CCOc2nc3cc(C(=O)Nc4ccc(OC(F)(F)Cl)cc4)cc(-c4[nH]ncc4F)c3n21. The standard InChI is InChI=1S/C22H17ClF3N5O3/c1-11-6-7-33-21-29-17-9-12(8-15(19(17)31(11)21)18-16(24)10-27-30-18)20(32)28-13-2-4-14(5-3-13)34-22(23,25)26/h2-5,8-11H,6-7H2,1H3,(H,27,30)(H,28,32)/t11-/m1/s1. The molecule has 0 fully saturated rings. The number of nitrogens with zero attached hydrogens (tertiary/aromatic N) is 3. The fourth-order valence-electron chi connectivity index (χ4n) is 3.90. The number of carbonyl (C=O) groups is 1. The lowest BCUT2D eigenvalue weighted by Gasteiger charge is -2.23. The van der Waals surface area contributed by atoms with Crippen LogP contribution in [-0.2, 0) is 0 Å². The zero-order valence-corrected chi connectivity index (χ0v) is 18.4. The topological polar surface area (TPSA) is 94.1 Å². The summed E-state index contributed by atoms with van der Waals surface area (Å²) in [6.45, 7) is 2.51. The minimum atomic E-state index is -3.84. The number of alkyl halides is 3. The molecule has 0 saturated carbocycles. The van der Waals surface area contributed by atoms with Crippen LogP contribution in [0.1, 0.15) is 29.7 Å². The number of benzene rings is 2. The van der Waals surface area contributed by atoms with Gasteiger partial charge in [0, 0.05) is 40.9 Å². The molecule has 0 radical (unpaired) electrons. The molecule has 4 aromatic rings. The minimum absolute atomic E-state index is 0.0549. The number of hydrogen-bond acceptors (Lipinski definition) is 5. The third kappa shape index (κ3) is 4.14. The summed E-state index contributed by atoms with van der Waals surface area (Å²) < 4.78 is 51.9. The molecule has 0 bridgehead atoms. The molecular formula is C22H17ClF3N5O3. The first-order valence-corrected chi connectivity index (χ1v) is 10.6. The van der Waals surface area contributed by atoms with Crippen molar-refractivity contribution < 1.29 is 27.4 Å². The summed E-state index contributed by atoms with van der Waals surface area (Å²) in [6, 6.07) is 8.80. The van der Waals surface area contributed by atoms with E-state index in [4.69, 9.17) is 16.3 Å². The maximum atomic E-state index is 14.5. The highest BCUT2D eigenvalue weighted by atomic mass is 35.5. The number of rotatable bonds is 5. The highest BCUT2D eigenvalue weighted by Crippen LogP contribution is 2.38. The Kier molecular flexibility index (Phi) is 5.35. The third-order valence-electron chi connectivity index (χ3n) is 5.43. The van der Waals surface area contributed by atoms with Gasteiger partial charge in [0.1, 0.15) is 11.4 Å². The van der Waals surface area contributed by atoms with Crippen LogP contribution < -0.4 is 14.8 Å². The van der Waals surface area contributed by atoms with Crippen molar-refractivity contribution >= 4 is 34.2 Å². The lowest BCUT2D eigenvalue weighted by Crippen LogP contribution is -2.18. The van der Waals surface area contributed by atoms with Gasteiger partial charge >= 0.3 is 5.57 Å². The van der Waals surface area contributed by atoms with Crippen molar-refractivity contribution in [1.29, 1.82) is 0 Å². The van der Waals surface area contributed by atoms with Gasteiger partial charge in [-0.05, 0) is 43.3 Å². The second-order valence-electron chi connectivity index (χ2n) is 7.76. The number of aromatic amines is 1. The first kappa shape index (κ1) is 22.1. The number of amides is 1. The van der Waals surface area contributed by atoms with Gasteiger partial charge in [-0.15, -0.1) is 8.78 Å². The molecule has 0 unspecified atom stereocenters. The summed E-state index contributed by atoms with van der Waals surface area (Å²) in [5.74, 6) is -1.26. The van der Waals surface area contributed by atoms with Crippen LogP contribution in [-0.4, -0.2) is 37.8 Å². The average Bonchev–Trinajstić information content (AvgIpc) is 3.37. The van der Waals surface area contributed by atoms with Crippen LogP contribution in [0.15, 0.2) is 42.6 Å². The van der Waals surface area contributed by atoms with E-state index in [0.29, 0.717) is 34.9 Å². The van der Waals surface area contributed by atoms with Crippen LogP contribution >= 0.6 is 11.6 Å². The van der Waals surface area contributed by atoms with Gasteiger partial charge in [-0.3, -0.25) is 14.5 Å². The van der Waals surface area contributed by atoms with Crippen molar-refractivity contribution in [3.05, 3.63) is 54.0 Å². The van der Waals surface area contributed by atoms with E-state index in [9.17, 15) is 18.0 Å². The van der Waals surface area contributed by atoms with Gasteiger partial charge < -0.3 is 14.8 Å². The van der Waals surface area contributed by atoms with Crippen LogP contribution in [0.2, 0.25) is 0 Å². The molecule has 1 aliphatic heterocycles. The maximum absolute atomic E-state index is 14.5. The number of anilines is 1. The van der Waals surface area contributed by atoms with Gasteiger partial charge in [-0.25, -0.2) is 4.39 Å². The number of imidazole rings is 1. The molecule has 0 spiro atoms.